The monoisotopic (exact) mass is 431 g/mol. The average molecular weight is 431 g/mol. The number of benzene rings is 1. The van der Waals surface area contributed by atoms with Crippen molar-refractivity contribution in [3.63, 3.8) is 0 Å². The number of carbonyl (C=O) groups excluding carboxylic acids is 3. The van der Waals surface area contributed by atoms with E-state index in [9.17, 15) is 19.6 Å². The number of ether oxygens (including phenoxy) is 1. The van der Waals surface area contributed by atoms with Gasteiger partial charge in [0.25, 0.3) is 0 Å². The number of piperidine rings is 1. The molecule has 168 valence electrons. The quantitative estimate of drug-likeness (QED) is 0.455. The molecule has 0 aliphatic carbocycles. The third kappa shape index (κ3) is 4.75. The van der Waals surface area contributed by atoms with E-state index in [1.807, 2.05) is 30.3 Å². The number of hydrogen-bond donors (Lipinski definition) is 3. The van der Waals surface area contributed by atoms with E-state index >= 15 is 0 Å². The molecule has 3 atom stereocenters. The van der Waals surface area contributed by atoms with Gasteiger partial charge in [-0.3, -0.25) is 14.8 Å². The summed E-state index contributed by atoms with van der Waals surface area (Å²) in [6, 6.07) is 9.27. The van der Waals surface area contributed by atoms with Gasteiger partial charge in [0.15, 0.2) is 0 Å². The van der Waals surface area contributed by atoms with Crippen LogP contribution in [-0.4, -0.2) is 90.9 Å². The zero-order valence-electron chi connectivity index (χ0n) is 17.4. The number of amides is 3. The largest absolute Gasteiger partial charge is 0.445 e. The van der Waals surface area contributed by atoms with Crippen LogP contribution in [0.5, 0.6) is 0 Å². The Morgan fingerprint density at radius 1 is 1.00 bits per heavy atom. The zero-order valence-corrected chi connectivity index (χ0v) is 17.4. The molecule has 10 heteroatoms. The fourth-order valence-electron chi connectivity index (χ4n) is 4.33. The van der Waals surface area contributed by atoms with Gasteiger partial charge in [0.1, 0.15) is 6.10 Å². The lowest BCUT2D eigenvalue weighted by Crippen LogP contribution is -2.62. The number of hydroxylamine groups is 1. The van der Waals surface area contributed by atoms with Crippen molar-refractivity contribution in [1.29, 1.82) is 0 Å². The second-order valence-electron chi connectivity index (χ2n) is 8.20. The number of likely N-dealkylation sites (tertiary alicyclic amines) is 1. The third-order valence-electron chi connectivity index (χ3n) is 6.29. The van der Waals surface area contributed by atoms with Gasteiger partial charge in [-0.2, -0.15) is 0 Å². The topological polar surface area (TPSA) is 114 Å². The van der Waals surface area contributed by atoms with Crippen LogP contribution < -0.4 is 15.7 Å². The second kappa shape index (κ2) is 9.52. The lowest BCUT2D eigenvalue weighted by Gasteiger charge is -2.41. The Balaban J connectivity index is 1.35. The Kier molecular flexibility index (Phi) is 6.57. The first-order chi connectivity index (χ1) is 15.1. The van der Waals surface area contributed by atoms with Gasteiger partial charge in [0.2, 0.25) is 11.8 Å². The second-order valence-corrected chi connectivity index (χ2v) is 8.20. The molecule has 0 radical (unpaired) electrons. The lowest BCUT2D eigenvalue weighted by molar-refractivity contribution is -0.145. The summed E-state index contributed by atoms with van der Waals surface area (Å²) in [6.07, 6.45) is 0.207. The number of para-hydroxylation sites is 1. The highest BCUT2D eigenvalue weighted by molar-refractivity contribution is 5.90. The molecule has 0 spiro atoms. The van der Waals surface area contributed by atoms with Crippen molar-refractivity contribution in [2.24, 2.45) is 5.92 Å². The molecule has 1 aromatic carbocycles. The van der Waals surface area contributed by atoms with E-state index in [1.165, 1.54) is 0 Å². The first-order valence-corrected chi connectivity index (χ1v) is 10.8. The SMILES string of the molecule is O=C(NO)[C@H]1C[C@H](OC(=O)N2CCC2)CN[C@@H]1C(=O)N1CCN(c2ccccc2)CC1. The molecular weight excluding hydrogens is 402 g/mol. The van der Waals surface area contributed by atoms with Crippen molar-refractivity contribution >= 4 is 23.6 Å². The first-order valence-electron chi connectivity index (χ1n) is 10.8. The van der Waals surface area contributed by atoms with Crippen LogP contribution in [0.25, 0.3) is 0 Å². The molecule has 3 aliphatic heterocycles. The molecule has 0 saturated carbocycles. The molecule has 1 aromatic rings. The maximum Gasteiger partial charge on any atom is 0.410 e. The van der Waals surface area contributed by atoms with Crippen molar-refractivity contribution in [1.82, 2.24) is 20.6 Å². The summed E-state index contributed by atoms with van der Waals surface area (Å²) in [5, 5.41) is 12.3. The van der Waals surface area contributed by atoms with E-state index in [1.54, 1.807) is 15.3 Å². The van der Waals surface area contributed by atoms with Crippen LogP contribution in [0.2, 0.25) is 0 Å². The van der Waals surface area contributed by atoms with Crippen molar-refractivity contribution < 1.29 is 24.3 Å². The van der Waals surface area contributed by atoms with Gasteiger partial charge >= 0.3 is 6.09 Å². The van der Waals surface area contributed by atoms with Crippen LogP contribution in [0.1, 0.15) is 12.8 Å². The number of anilines is 1. The van der Waals surface area contributed by atoms with Gasteiger partial charge in [-0.05, 0) is 25.0 Å². The van der Waals surface area contributed by atoms with Crippen molar-refractivity contribution in [2.75, 3.05) is 50.7 Å². The minimum absolute atomic E-state index is 0.172. The number of nitrogens with one attached hydrogen (secondary N) is 2. The van der Waals surface area contributed by atoms with Crippen molar-refractivity contribution in [3.8, 4) is 0 Å². The van der Waals surface area contributed by atoms with Gasteiger partial charge in [0, 0.05) is 51.5 Å². The maximum absolute atomic E-state index is 13.2. The summed E-state index contributed by atoms with van der Waals surface area (Å²) in [4.78, 5) is 43.2. The third-order valence-corrected chi connectivity index (χ3v) is 6.29. The molecule has 3 heterocycles. The summed E-state index contributed by atoms with van der Waals surface area (Å²) in [5.74, 6) is -1.65. The smallest absolute Gasteiger partial charge is 0.410 e. The number of piperazine rings is 1. The summed E-state index contributed by atoms with van der Waals surface area (Å²) in [6.45, 7) is 4.14. The van der Waals surface area contributed by atoms with Gasteiger partial charge in [-0.15, -0.1) is 0 Å². The van der Waals surface area contributed by atoms with Crippen LogP contribution in [0.15, 0.2) is 30.3 Å². The van der Waals surface area contributed by atoms with Crippen LogP contribution in [0.4, 0.5) is 10.5 Å². The van der Waals surface area contributed by atoms with Crippen LogP contribution >= 0.6 is 0 Å². The first kappa shape index (κ1) is 21.4. The van der Waals surface area contributed by atoms with Crippen molar-refractivity contribution in [2.45, 2.75) is 25.0 Å². The fourth-order valence-corrected chi connectivity index (χ4v) is 4.33. The highest BCUT2D eigenvalue weighted by Crippen LogP contribution is 2.24. The Bertz CT molecular complexity index is 795. The van der Waals surface area contributed by atoms with E-state index < -0.39 is 30.1 Å². The predicted molar refractivity (Wildman–Crippen MR) is 112 cm³/mol. The summed E-state index contributed by atoms with van der Waals surface area (Å²) < 4.78 is 5.49. The van der Waals surface area contributed by atoms with E-state index in [-0.39, 0.29) is 18.9 Å². The standard InChI is InChI=1S/C21H29N5O5/c27-19(23-30)17-13-16(31-21(29)26-7-4-8-26)14-22-18(17)20(28)25-11-9-24(10-12-25)15-5-2-1-3-6-15/h1-3,5-6,16-18,22,30H,4,7-14H2,(H,23,27)/t16-,17-,18-/m0/s1. The van der Waals surface area contributed by atoms with Crippen LogP contribution in [0, 0.1) is 5.92 Å². The molecule has 0 aromatic heterocycles. The average Bonchev–Trinajstić information content (AvgIpc) is 2.77. The minimum atomic E-state index is -0.826. The molecule has 31 heavy (non-hydrogen) atoms. The molecule has 3 N–H and O–H groups in total. The number of nitrogens with zero attached hydrogens (tertiary/aromatic N) is 3. The maximum atomic E-state index is 13.2. The molecule has 4 rings (SSSR count). The van der Waals surface area contributed by atoms with Crippen LogP contribution in [0.3, 0.4) is 0 Å². The Hall–Kier alpha value is -2.85. The van der Waals surface area contributed by atoms with Gasteiger partial charge in [-0.1, -0.05) is 18.2 Å². The number of rotatable bonds is 4. The highest BCUT2D eigenvalue weighted by atomic mass is 16.6. The van der Waals surface area contributed by atoms with Gasteiger partial charge in [-0.25, -0.2) is 10.3 Å². The zero-order chi connectivity index (χ0) is 21.8. The number of carbonyl (C=O) groups is 3. The molecule has 3 aliphatic rings. The Labute approximate surface area is 181 Å². The molecule has 10 nitrogen and oxygen atoms in total. The molecular formula is C21H29N5O5. The summed E-state index contributed by atoms with van der Waals surface area (Å²) in [5.41, 5.74) is 2.78. The Morgan fingerprint density at radius 2 is 1.71 bits per heavy atom. The molecule has 3 amide bonds. The summed E-state index contributed by atoms with van der Waals surface area (Å²) in [7, 11) is 0. The normalized spacial score (nSPS) is 26.1. The minimum Gasteiger partial charge on any atom is -0.445 e. The predicted octanol–water partition coefficient (Wildman–Crippen LogP) is 0.0296. The van der Waals surface area contributed by atoms with E-state index in [0.717, 1.165) is 12.1 Å². The van der Waals surface area contributed by atoms with Gasteiger partial charge in [0.05, 0.1) is 12.0 Å². The highest BCUT2D eigenvalue weighted by Gasteiger charge is 2.43. The van der Waals surface area contributed by atoms with Crippen LogP contribution in [-0.2, 0) is 14.3 Å². The Morgan fingerprint density at radius 3 is 2.32 bits per heavy atom. The lowest BCUT2D eigenvalue weighted by atomic mass is 9.87. The van der Waals surface area contributed by atoms with Gasteiger partial charge < -0.3 is 24.8 Å². The summed E-state index contributed by atoms with van der Waals surface area (Å²) >= 11 is 0. The van der Waals surface area contributed by atoms with E-state index in [0.29, 0.717) is 39.3 Å². The molecule has 0 unspecified atom stereocenters. The molecule has 3 saturated heterocycles. The fraction of sp³-hybridized carbons (Fsp3) is 0.571. The number of hydrogen-bond acceptors (Lipinski definition) is 7. The van der Waals surface area contributed by atoms with E-state index in [2.05, 4.69) is 10.2 Å². The molecule has 0 bridgehead atoms. The molecule has 3 fully saturated rings. The van der Waals surface area contributed by atoms with E-state index in [4.69, 9.17) is 4.74 Å². The van der Waals surface area contributed by atoms with Crippen molar-refractivity contribution in [3.05, 3.63) is 30.3 Å².